The molecule has 0 saturated carbocycles. The summed E-state index contributed by atoms with van der Waals surface area (Å²) in [7, 11) is -4.09. The molecule has 11 heteroatoms. The Balaban J connectivity index is 2.13. The lowest BCUT2D eigenvalue weighted by molar-refractivity contribution is -0.118. The molecule has 0 aromatic heterocycles. The number of hydrogen-bond donors (Lipinski definition) is 0. The molecule has 0 unspecified atom stereocenters. The summed E-state index contributed by atoms with van der Waals surface area (Å²) in [4.78, 5) is 26.5. The van der Waals surface area contributed by atoms with Gasteiger partial charge in [-0.1, -0.05) is 108 Å². The summed E-state index contributed by atoms with van der Waals surface area (Å²) in [6, 6.07) is 6.19. The van der Waals surface area contributed by atoms with Gasteiger partial charge in [0, 0.05) is 30.3 Å². The van der Waals surface area contributed by atoms with Gasteiger partial charge in [-0.3, -0.25) is 9.69 Å². The van der Waals surface area contributed by atoms with Crippen molar-refractivity contribution < 1.29 is 23.2 Å². The fourth-order valence-corrected chi connectivity index (χ4v) is 6.12. The van der Waals surface area contributed by atoms with E-state index in [1.165, 1.54) is 11.0 Å². The zero-order valence-corrected chi connectivity index (χ0v) is 33.1. The molecule has 1 aliphatic heterocycles. The summed E-state index contributed by atoms with van der Waals surface area (Å²) in [5.74, 6) is 1.34. The molecule has 1 atom stereocenters. The molecule has 1 aromatic carbocycles. The van der Waals surface area contributed by atoms with Gasteiger partial charge in [-0.15, -0.1) is 0 Å². The molecule has 0 fully saturated rings. The molecular formula is C34H52Cl3NO5Si2. The van der Waals surface area contributed by atoms with Crippen LogP contribution in [0.1, 0.15) is 73.3 Å². The van der Waals surface area contributed by atoms with E-state index in [0.29, 0.717) is 12.1 Å². The van der Waals surface area contributed by atoms with Crippen LogP contribution < -0.4 is 8.85 Å². The maximum absolute atomic E-state index is 12.7. The minimum Gasteiger partial charge on any atom is -0.543 e. The smallest absolute Gasteiger partial charge is 0.414 e. The van der Waals surface area contributed by atoms with Gasteiger partial charge >= 0.3 is 6.09 Å². The molecule has 2 rings (SSSR count). The van der Waals surface area contributed by atoms with Crippen LogP contribution in [0.25, 0.3) is 6.08 Å². The highest BCUT2D eigenvalue weighted by Crippen LogP contribution is 2.41. The Hall–Kier alpha value is -1.72. The van der Waals surface area contributed by atoms with Crippen LogP contribution >= 0.6 is 34.8 Å². The van der Waals surface area contributed by atoms with E-state index in [9.17, 15) is 9.59 Å². The number of ketones is 1. The van der Waals surface area contributed by atoms with Gasteiger partial charge in [-0.25, -0.2) is 4.79 Å². The summed E-state index contributed by atoms with van der Waals surface area (Å²) in [6.45, 7) is 24.1. The zero-order chi connectivity index (χ0) is 34.4. The number of ether oxygens (including phenoxy) is 1. The van der Waals surface area contributed by atoms with Crippen molar-refractivity contribution >= 4 is 69.4 Å². The van der Waals surface area contributed by atoms with Crippen molar-refractivity contribution in [2.24, 2.45) is 5.92 Å². The topological polar surface area (TPSA) is 65.1 Å². The molecule has 0 radical (unpaired) electrons. The van der Waals surface area contributed by atoms with Crippen molar-refractivity contribution in [2.75, 3.05) is 13.2 Å². The minimum absolute atomic E-state index is 0.00873. The van der Waals surface area contributed by atoms with Crippen LogP contribution in [0.5, 0.6) is 11.5 Å². The van der Waals surface area contributed by atoms with Crippen molar-refractivity contribution in [1.29, 1.82) is 0 Å². The van der Waals surface area contributed by atoms with Gasteiger partial charge in [0.05, 0.1) is 0 Å². The third-order valence-corrected chi connectivity index (χ3v) is 17.8. The van der Waals surface area contributed by atoms with Crippen molar-refractivity contribution in [3.8, 4) is 11.5 Å². The molecule has 1 aromatic rings. The molecule has 45 heavy (non-hydrogen) atoms. The standard InChI is InChI=1S/C34H52Cl3NO5Si2/c1-25-23-38(31(40)41-24-34(35,36)37)27(21-30(25)39)18-16-14-12-13-15-17-26-19-28(42-44(8,9)32(2,3)4)22-29(20-26)43-45(10,11)33(5,6)7/h12-13,15,17,19-22,25H,14,16,18,23-24H2,1-11H3/b13-12+,17-15+/t25-/m0/s1. The zero-order valence-electron chi connectivity index (χ0n) is 28.9. The summed E-state index contributed by atoms with van der Waals surface area (Å²) in [6.07, 6.45) is 11.1. The molecule has 0 bridgehead atoms. The number of halogens is 3. The molecule has 1 amide bonds. The predicted molar refractivity (Wildman–Crippen MR) is 195 cm³/mol. The van der Waals surface area contributed by atoms with Gasteiger partial charge in [0.2, 0.25) is 20.4 Å². The highest BCUT2D eigenvalue weighted by atomic mass is 35.6. The fourth-order valence-electron chi connectivity index (χ4n) is 3.93. The van der Waals surface area contributed by atoms with E-state index in [1.807, 2.05) is 18.2 Å². The van der Waals surface area contributed by atoms with Gasteiger partial charge in [-0.05, 0) is 73.2 Å². The molecule has 6 nitrogen and oxygen atoms in total. The van der Waals surface area contributed by atoms with E-state index in [0.717, 1.165) is 29.9 Å². The highest BCUT2D eigenvalue weighted by Gasteiger charge is 2.41. The lowest BCUT2D eigenvalue weighted by Crippen LogP contribution is -2.44. The Bertz CT molecular complexity index is 1240. The van der Waals surface area contributed by atoms with Crippen molar-refractivity contribution in [2.45, 2.75) is 108 Å². The number of unbranched alkanes of at least 4 members (excludes halogenated alkanes) is 1. The molecule has 0 saturated heterocycles. The van der Waals surface area contributed by atoms with E-state index in [2.05, 4.69) is 92.0 Å². The van der Waals surface area contributed by atoms with Crippen molar-refractivity contribution in [3.05, 3.63) is 53.8 Å². The first-order chi connectivity index (χ1) is 20.4. The molecule has 1 aliphatic rings. The number of amides is 1. The molecule has 0 spiro atoms. The number of nitrogens with zero attached hydrogens (tertiary/aromatic N) is 1. The van der Waals surface area contributed by atoms with Gasteiger partial charge in [0.25, 0.3) is 0 Å². The van der Waals surface area contributed by atoms with E-state index >= 15 is 0 Å². The quantitative estimate of drug-likeness (QED) is 0.0987. The molecule has 0 N–H and O–H groups in total. The van der Waals surface area contributed by atoms with Crippen LogP contribution in [0.15, 0.2) is 48.2 Å². The Morgan fingerprint density at radius 2 is 1.47 bits per heavy atom. The maximum atomic E-state index is 12.7. The lowest BCUT2D eigenvalue weighted by Gasteiger charge is -2.38. The number of rotatable bonds is 11. The third kappa shape index (κ3) is 12.4. The highest BCUT2D eigenvalue weighted by molar-refractivity contribution is 6.75. The number of carbonyl (C=O) groups excluding carboxylic acids is 2. The second kappa shape index (κ2) is 15.5. The van der Waals surface area contributed by atoms with Gasteiger partial charge in [0.15, 0.2) is 5.78 Å². The van der Waals surface area contributed by atoms with Crippen LogP contribution in [0, 0.1) is 5.92 Å². The van der Waals surface area contributed by atoms with Gasteiger partial charge in [-0.2, -0.15) is 0 Å². The van der Waals surface area contributed by atoms with Gasteiger partial charge < -0.3 is 13.6 Å². The molecule has 0 aliphatic carbocycles. The molecular weight excluding hydrogens is 665 g/mol. The van der Waals surface area contributed by atoms with Crippen LogP contribution in [0.2, 0.25) is 36.3 Å². The van der Waals surface area contributed by atoms with Crippen LogP contribution in [-0.4, -0.2) is 50.4 Å². The summed E-state index contributed by atoms with van der Waals surface area (Å²) in [5.41, 5.74) is 1.62. The second-order valence-corrected chi connectivity index (χ2v) is 26.8. The summed E-state index contributed by atoms with van der Waals surface area (Å²) < 4.78 is 16.8. The summed E-state index contributed by atoms with van der Waals surface area (Å²) in [5, 5.41) is 0.145. The number of benzene rings is 1. The number of allylic oxidation sites excluding steroid dienone is 5. The normalized spacial score (nSPS) is 17.2. The maximum Gasteiger partial charge on any atom is 0.414 e. The Labute approximate surface area is 288 Å². The first kappa shape index (κ1) is 39.5. The average Bonchev–Trinajstić information content (AvgIpc) is 2.86. The molecule has 252 valence electrons. The summed E-state index contributed by atoms with van der Waals surface area (Å²) >= 11 is 17.2. The first-order valence-corrected chi connectivity index (χ1v) is 22.5. The Morgan fingerprint density at radius 3 is 1.96 bits per heavy atom. The fraction of sp³-hybridized carbons (Fsp3) is 0.588. The number of hydrogen-bond acceptors (Lipinski definition) is 5. The van der Waals surface area contributed by atoms with Gasteiger partial charge in [0.1, 0.15) is 18.1 Å². The first-order valence-electron chi connectivity index (χ1n) is 15.5. The SMILES string of the molecule is C[C@H]1CN(C(=O)OCC(Cl)(Cl)Cl)C(CCC/C=C/C=C/c2cc(O[Si](C)(C)C(C)(C)C)cc(O[Si](C)(C)C(C)(C)C)c2)=CC1=O. The minimum atomic E-state index is -2.05. The largest absolute Gasteiger partial charge is 0.543 e. The predicted octanol–water partition coefficient (Wildman–Crippen LogP) is 11.1. The Kier molecular flexibility index (Phi) is 13.6. The number of carbonyl (C=O) groups is 2. The lowest BCUT2D eigenvalue weighted by atomic mass is 9.98. The van der Waals surface area contributed by atoms with Crippen molar-refractivity contribution in [1.82, 2.24) is 4.90 Å². The van der Waals surface area contributed by atoms with E-state index in [1.54, 1.807) is 6.92 Å². The van der Waals surface area contributed by atoms with Crippen LogP contribution in [0.3, 0.4) is 0 Å². The van der Waals surface area contributed by atoms with Crippen LogP contribution in [-0.2, 0) is 9.53 Å². The van der Waals surface area contributed by atoms with E-state index < -0.39 is 26.5 Å². The third-order valence-electron chi connectivity index (χ3n) is 8.78. The average molecular weight is 717 g/mol. The monoisotopic (exact) mass is 715 g/mol. The number of alkyl halides is 3. The van der Waals surface area contributed by atoms with E-state index in [-0.39, 0.29) is 34.9 Å². The second-order valence-electron chi connectivity index (χ2n) is 14.9. The van der Waals surface area contributed by atoms with Crippen molar-refractivity contribution in [3.63, 3.8) is 0 Å². The Morgan fingerprint density at radius 1 is 0.933 bits per heavy atom. The van der Waals surface area contributed by atoms with E-state index in [4.69, 9.17) is 48.4 Å². The van der Waals surface area contributed by atoms with Crippen LogP contribution in [0.4, 0.5) is 4.79 Å². The molecule has 1 heterocycles.